The summed E-state index contributed by atoms with van der Waals surface area (Å²) in [6, 6.07) is 9.77. The van der Waals surface area contributed by atoms with Crippen LogP contribution in [0.2, 0.25) is 0 Å². The first-order valence-electron chi connectivity index (χ1n) is 8.17. The van der Waals surface area contributed by atoms with Gasteiger partial charge in [0.05, 0.1) is 24.8 Å². The van der Waals surface area contributed by atoms with Crippen molar-refractivity contribution in [3.8, 4) is 22.8 Å². The molecule has 3 aromatic rings. The highest BCUT2D eigenvalue weighted by Gasteiger charge is 2.19. The summed E-state index contributed by atoms with van der Waals surface area (Å²) in [5, 5.41) is 16.0. The average Bonchev–Trinajstić information content (AvgIpc) is 3.15. The Bertz CT molecular complexity index is 1050. The molecule has 1 N–H and O–H groups in total. The predicted octanol–water partition coefficient (Wildman–Crippen LogP) is 4.30. The van der Waals surface area contributed by atoms with Gasteiger partial charge in [-0.25, -0.2) is 4.98 Å². The van der Waals surface area contributed by atoms with Crippen LogP contribution in [0.15, 0.2) is 41.8 Å². The molecule has 1 aromatic heterocycles. The Morgan fingerprint density at radius 2 is 1.86 bits per heavy atom. The van der Waals surface area contributed by atoms with E-state index >= 15 is 0 Å². The van der Waals surface area contributed by atoms with Gasteiger partial charge in [0, 0.05) is 22.6 Å². The molecule has 0 radical (unpaired) electrons. The van der Waals surface area contributed by atoms with Gasteiger partial charge in [0.1, 0.15) is 5.75 Å². The maximum atomic E-state index is 12.5. The Morgan fingerprint density at radius 1 is 1.14 bits per heavy atom. The topological polar surface area (TPSA) is 104 Å². The van der Waals surface area contributed by atoms with E-state index in [9.17, 15) is 14.9 Å². The molecule has 0 aliphatic rings. The van der Waals surface area contributed by atoms with Crippen LogP contribution in [0.1, 0.15) is 15.9 Å². The molecule has 2 aromatic carbocycles. The number of carbonyl (C=O) groups excluding carboxylic acids is 1. The minimum absolute atomic E-state index is 0.0876. The summed E-state index contributed by atoms with van der Waals surface area (Å²) >= 11 is 1.25. The molecule has 144 valence electrons. The van der Waals surface area contributed by atoms with E-state index in [-0.39, 0.29) is 17.0 Å². The molecular formula is C19H17N3O5S. The monoisotopic (exact) mass is 399 g/mol. The van der Waals surface area contributed by atoms with Crippen molar-refractivity contribution in [3.05, 3.63) is 63.0 Å². The molecule has 0 spiro atoms. The summed E-state index contributed by atoms with van der Waals surface area (Å²) in [7, 11) is 2.92. The number of hydrogen-bond acceptors (Lipinski definition) is 7. The molecule has 0 saturated heterocycles. The molecule has 1 heterocycles. The van der Waals surface area contributed by atoms with Crippen molar-refractivity contribution in [2.75, 3.05) is 19.5 Å². The van der Waals surface area contributed by atoms with Crippen molar-refractivity contribution < 1.29 is 19.2 Å². The number of nitro benzene ring substituents is 1. The fourth-order valence-electron chi connectivity index (χ4n) is 2.62. The van der Waals surface area contributed by atoms with Crippen molar-refractivity contribution in [1.29, 1.82) is 0 Å². The van der Waals surface area contributed by atoms with E-state index in [0.717, 1.165) is 11.1 Å². The molecule has 0 aliphatic carbocycles. The number of amides is 1. The Hall–Kier alpha value is -3.46. The molecule has 0 bridgehead atoms. The lowest BCUT2D eigenvalue weighted by Crippen LogP contribution is -2.12. The SMILES string of the molecule is COc1ccc(C)cc1-c1csc(NC(=O)c2ccc(OC)c([N+](=O)[O-])c2)n1. The van der Waals surface area contributed by atoms with E-state index in [0.29, 0.717) is 16.6 Å². The van der Waals surface area contributed by atoms with Crippen LogP contribution in [0, 0.1) is 17.0 Å². The Morgan fingerprint density at radius 3 is 2.54 bits per heavy atom. The van der Waals surface area contributed by atoms with E-state index in [1.54, 1.807) is 7.11 Å². The smallest absolute Gasteiger partial charge is 0.311 e. The second-order valence-electron chi connectivity index (χ2n) is 5.84. The van der Waals surface area contributed by atoms with E-state index in [2.05, 4.69) is 10.3 Å². The van der Waals surface area contributed by atoms with Crippen molar-refractivity contribution >= 4 is 28.1 Å². The number of nitrogens with one attached hydrogen (secondary N) is 1. The van der Waals surface area contributed by atoms with Crippen LogP contribution >= 0.6 is 11.3 Å². The van der Waals surface area contributed by atoms with Crippen LogP contribution in [0.4, 0.5) is 10.8 Å². The zero-order valence-corrected chi connectivity index (χ0v) is 16.2. The van der Waals surface area contributed by atoms with Crippen LogP contribution in [-0.2, 0) is 0 Å². The molecule has 28 heavy (non-hydrogen) atoms. The van der Waals surface area contributed by atoms with E-state index < -0.39 is 10.8 Å². The Kier molecular flexibility index (Phi) is 5.55. The van der Waals surface area contributed by atoms with E-state index in [1.165, 1.54) is 36.6 Å². The van der Waals surface area contributed by atoms with Gasteiger partial charge in [0.25, 0.3) is 5.91 Å². The molecule has 0 unspecified atom stereocenters. The van der Waals surface area contributed by atoms with Crippen LogP contribution in [-0.4, -0.2) is 30.0 Å². The number of nitrogens with zero attached hydrogens (tertiary/aromatic N) is 2. The van der Waals surface area contributed by atoms with E-state index in [1.807, 2.05) is 30.5 Å². The number of methoxy groups -OCH3 is 2. The number of ether oxygens (including phenoxy) is 2. The van der Waals surface area contributed by atoms with Crippen LogP contribution in [0.3, 0.4) is 0 Å². The van der Waals surface area contributed by atoms with Gasteiger partial charge in [-0.3, -0.25) is 20.2 Å². The molecular weight excluding hydrogens is 382 g/mol. The molecule has 0 fully saturated rings. The second-order valence-corrected chi connectivity index (χ2v) is 6.70. The third kappa shape index (κ3) is 3.94. The zero-order valence-electron chi connectivity index (χ0n) is 15.4. The van der Waals surface area contributed by atoms with Gasteiger partial charge in [-0.2, -0.15) is 0 Å². The quantitative estimate of drug-likeness (QED) is 0.490. The number of aromatic nitrogens is 1. The molecule has 1 amide bonds. The fraction of sp³-hybridized carbons (Fsp3) is 0.158. The zero-order chi connectivity index (χ0) is 20.3. The van der Waals surface area contributed by atoms with Gasteiger partial charge in [0.15, 0.2) is 10.9 Å². The minimum atomic E-state index is -0.596. The van der Waals surface area contributed by atoms with Crippen molar-refractivity contribution in [3.63, 3.8) is 0 Å². The number of thiazole rings is 1. The van der Waals surface area contributed by atoms with Gasteiger partial charge in [0.2, 0.25) is 0 Å². The molecule has 0 aliphatic heterocycles. The van der Waals surface area contributed by atoms with Crippen LogP contribution in [0.25, 0.3) is 11.3 Å². The van der Waals surface area contributed by atoms with Crippen LogP contribution < -0.4 is 14.8 Å². The first-order valence-corrected chi connectivity index (χ1v) is 9.05. The fourth-order valence-corrected chi connectivity index (χ4v) is 3.33. The van der Waals surface area contributed by atoms with Gasteiger partial charge >= 0.3 is 5.69 Å². The van der Waals surface area contributed by atoms with Crippen molar-refractivity contribution in [2.24, 2.45) is 0 Å². The van der Waals surface area contributed by atoms with Gasteiger partial charge < -0.3 is 9.47 Å². The molecule has 0 saturated carbocycles. The number of anilines is 1. The van der Waals surface area contributed by atoms with E-state index in [4.69, 9.17) is 9.47 Å². The third-order valence-electron chi connectivity index (χ3n) is 3.99. The number of nitro groups is 1. The maximum Gasteiger partial charge on any atom is 0.311 e. The number of hydrogen-bond donors (Lipinski definition) is 1. The van der Waals surface area contributed by atoms with Gasteiger partial charge in [-0.15, -0.1) is 11.3 Å². The van der Waals surface area contributed by atoms with Crippen molar-refractivity contribution in [1.82, 2.24) is 4.98 Å². The highest BCUT2D eigenvalue weighted by molar-refractivity contribution is 7.14. The first kappa shape index (κ1) is 19.3. The molecule has 9 heteroatoms. The Balaban J connectivity index is 1.84. The van der Waals surface area contributed by atoms with Crippen molar-refractivity contribution in [2.45, 2.75) is 6.92 Å². The summed E-state index contributed by atoms with van der Waals surface area (Å²) in [6.07, 6.45) is 0. The average molecular weight is 399 g/mol. The highest BCUT2D eigenvalue weighted by atomic mass is 32.1. The molecule has 8 nitrogen and oxygen atoms in total. The normalized spacial score (nSPS) is 10.4. The minimum Gasteiger partial charge on any atom is -0.496 e. The third-order valence-corrected chi connectivity index (χ3v) is 4.75. The summed E-state index contributed by atoms with van der Waals surface area (Å²) < 4.78 is 10.3. The number of aryl methyl sites for hydroxylation is 1. The van der Waals surface area contributed by atoms with Gasteiger partial charge in [-0.1, -0.05) is 11.6 Å². The molecule has 0 atom stereocenters. The number of benzene rings is 2. The van der Waals surface area contributed by atoms with Crippen LogP contribution in [0.5, 0.6) is 11.5 Å². The summed E-state index contributed by atoms with van der Waals surface area (Å²) in [5.74, 6) is 0.270. The highest BCUT2D eigenvalue weighted by Crippen LogP contribution is 2.33. The standard InChI is InChI=1S/C19H17N3O5S/c1-11-4-6-16(26-2)13(8-11)14-10-28-19(20-14)21-18(23)12-5-7-17(27-3)15(9-12)22(24)25/h4-10H,1-3H3,(H,20,21,23). The molecule has 3 rings (SSSR count). The maximum absolute atomic E-state index is 12.5. The van der Waals surface area contributed by atoms with Gasteiger partial charge in [-0.05, 0) is 31.2 Å². The summed E-state index contributed by atoms with van der Waals surface area (Å²) in [6.45, 7) is 1.97. The lowest BCUT2D eigenvalue weighted by atomic mass is 10.1. The summed E-state index contributed by atoms with van der Waals surface area (Å²) in [4.78, 5) is 27.5. The Labute approximate surface area is 164 Å². The lowest BCUT2D eigenvalue weighted by molar-refractivity contribution is -0.385. The summed E-state index contributed by atoms with van der Waals surface area (Å²) in [5.41, 5.74) is 2.40. The second kappa shape index (κ2) is 8.05. The number of carbonyl (C=O) groups is 1. The largest absolute Gasteiger partial charge is 0.496 e. The lowest BCUT2D eigenvalue weighted by Gasteiger charge is -2.07. The predicted molar refractivity (Wildman–Crippen MR) is 106 cm³/mol. The number of rotatable bonds is 6. The first-order chi connectivity index (χ1) is 13.4.